The van der Waals surface area contributed by atoms with Crippen molar-refractivity contribution in [3.8, 4) is 12.1 Å². The first kappa shape index (κ1) is 14.9. The Hall–Kier alpha value is -3.97. The molecule has 0 aliphatic heterocycles. The molecule has 0 saturated heterocycles. The van der Waals surface area contributed by atoms with Crippen LogP contribution >= 0.6 is 0 Å². The number of benzene rings is 2. The zero-order valence-corrected chi connectivity index (χ0v) is 11.8. The van der Waals surface area contributed by atoms with E-state index in [9.17, 15) is 24.6 Å². The molecule has 0 unspecified atom stereocenters. The highest BCUT2D eigenvalue weighted by Crippen LogP contribution is 2.30. The van der Waals surface area contributed by atoms with E-state index in [2.05, 4.69) is 0 Å². The van der Waals surface area contributed by atoms with Crippen LogP contribution in [-0.4, -0.2) is 22.2 Å². The monoisotopic (exact) mass is 318 g/mol. The molecule has 0 amide bonds. The van der Waals surface area contributed by atoms with E-state index in [1.807, 2.05) is 0 Å². The van der Waals surface area contributed by atoms with Gasteiger partial charge in [0.15, 0.2) is 5.43 Å². The maximum Gasteiger partial charge on any atom is 0.336 e. The predicted octanol–water partition coefficient (Wildman–Crippen LogP) is 1.10. The van der Waals surface area contributed by atoms with Crippen molar-refractivity contribution in [2.75, 3.05) is 0 Å². The quantitative estimate of drug-likeness (QED) is 0.721. The molecule has 0 fully saturated rings. The fraction of sp³-hybridized carbons (Fsp3) is 0. The number of nitrogens with zero attached hydrogens (tertiary/aromatic N) is 2. The Labute approximate surface area is 133 Å². The molecule has 114 valence electrons. The summed E-state index contributed by atoms with van der Waals surface area (Å²) in [6.45, 7) is 0. The van der Waals surface area contributed by atoms with Crippen LogP contribution in [0.25, 0.3) is 27.1 Å². The lowest BCUT2D eigenvalue weighted by Gasteiger charge is -2.07. The molecule has 7 heteroatoms. The number of carboxylic acid groups (broad SMARTS) is 2. The van der Waals surface area contributed by atoms with Gasteiger partial charge in [-0.1, -0.05) is 6.07 Å². The van der Waals surface area contributed by atoms with Crippen molar-refractivity contribution in [2.45, 2.75) is 0 Å². The molecular weight excluding hydrogens is 312 g/mol. The van der Waals surface area contributed by atoms with Gasteiger partial charge in [0.2, 0.25) is 0 Å². The Balaban J connectivity index is 2.79. The third kappa shape index (κ3) is 1.79. The molecule has 3 aromatic rings. The maximum absolute atomic E-state index is 12.5. The van der Waals surface area contributed by atoms with Crippen LogP contribution < -0.4 is 10.6 Å². The van der Waals surface area contributed by atoms with Crippen molar-refractivity contribution in [1.29, 1.82) is 10.5 Å². The SMILES string of the molecule is N#CC(C#N)=c1c(=O)c2ccc(C(=O)O)c3c(C(=O)O)ccc1c32. The van der Waals surface area contributed by atoms with Gasteiger partial charge in [-0.05, 0) is 23.6 Å². The van der Waals surface area contributed by atoms with E-state index >= 15 is 0 Å². The number of carboxylic acids is 2. The Morgan fingerprint density at radius 3 is 1.79 bits per heavy atom. The number of hydrogen-bond donors (Lipinski definition) is 2. The number of rotatable bonds is 2. The second kappa shape index (κ2) is 5.04. The zero-order chi connectivity index (χ0) is 17.6. The molecule has 0 bridgehead atoms. The van der Waals surface area contributed by atoms with Crippen LogP contribution in [0, 0.1) is 22.7 Å². The summed E-state index contributed by atoms with van der Waals surface area (Å²) in [6, 6.07) is 8.18. The van der Waals surface area contributed by atoms with Crippen LogP contribution in [-0.2, 0) is 0 Å². The van der Waals surface area contributed by atoms with Crippen molar-refractivity contribution in [2.24, 2.45) is 0 Å². The van der Waals surface area contributed by atoms with E-state index in [0.29, 0.717) is 0 Å². The first-order valence-corrected chi connectivity index (χ1v) is 6.58. The normalized spacial score (nSPS) is 10.4. The molecule has 0 spiro atoms. The summed E-state index contributed by atoms with van der Waals surface area (Å²) >= 11 is 0. The van der Waals surface area contributed by atoms with Crippen LogP contribution in [0.3, 0.4) is 0 Å². The van der Waals surface area contributed by atoms with Crippen LogP contribution in [0.5, 0.6) is 0 Å². The Morgan fingerprint density at radius 1 is 0.833 bits per heavy atom. The lowest BCUT2D eigenvalue weighted by molar-refractivity contribution is 0.0695. The minimum absolute atomic E-state index is 0.0751. The van der Waals surface area contributed by atoms with Gasteiger partial charge in [-0.3, -0.25) is 4.79 Å². The molecule has 3 aromatic carbocycles. The summed E-state index contributed by atoms with van der Waals surface area (Å²) in [7, 11) is 0. The standard InChI is InChI=1S/C17H6N2O5/c18-5-7(6-19)12-8-1-3-10(16(21)22)14-11(17(23)24)4-2-9(13(8)14)15(12)20/h1-4H,(H,21,22)(H,23,24). The van der Waals surface area contributed by atoms with Gasteiger partial charge in [-0.2, -0.15) is 10.5 Å². The van der Waals surface area contributed by atoms with Gasteiger partial charge in [0.05, 0.1) is 16.3 Å². The molecule has 7 nitrogen and oxygen atoms in total. The van der Waals surface area contributed by atoms with E-state index in [0.717, 1.165) is 6.07 Å². The van der Waals surface area contributed by atoms with Gasteiger partial charge in [0, 0.05) is 16.2 Å². The number of aromatic carboxylic acids is 2. The summed E-state index contributed by atoms with van der Waals surface area (Å²) in [5.74, 6) is -2.68. The summed E-state index contributed by atoms with van der Waals surface area (Å²) in [4.78, 5) is 35.4. The minimum Gasteiger partial charge on any atom is -0.478 e. The largest absolute Gasteiger partial charge is 0.478 e. The van der Waals surface area contributed by atoms with Crippen molar-refractivity contribution < 1.29 is 19.8 Å². The third-order valence-electron chi connectivity index (χ3n) is 3.84. The predicted molar refractivity (Wildman–Crippen MR) is 82.7 cm³/mol. The van der Waals surface area contributed by atoms with E-state index in [4.69, 9.17) is 10.5 Å². The van der Waals surface area contributed by atoms with Crippen molar-refractivity contribution in [3.63, 3.8) is 0 Å². The number of hydrogen-bond acceptors (Lipinski definition) is 5. The second-order valence-electron chi connectivity index (χ2n) is 4.98. The fourth-order valence-corrected chi connectivity index (χ4v) is 2.89. The Kier molecular flexibility index (Phi) is 3.14. The molecule has 0 aliphatic rings. The lowest BCUT2D eigenvalue weighted by atomic mass is 9.96. The molecular formula is C17H6N2O5. The van der Waals surface area contributed by atoms with Gasteiger partial charge in [0.25, 0.3) is 0 Å². The maximum atomic E-state index is 12.5. The molecule has 0 atom stereocenters. The molecule has 0 heterocycles. The summed E-state index contributed by atoms with van der Waals surface area (Å²) in [5, 5.41) is 36.9. The fourth-order valence-electron chi connectivity index (χ4n) is 2.89. The molecule has 0 aliphatic carbocycles. The van der Waals surface area contributed by atoms with E-state index in [-0.39, 0.29) is 37.9 Å². The van der Waals surface area contributed by atoms with Gasteiger partial charge >= 0.3 is 11.9 Å². The topological polar surface area (TPSA) is 139 Å². The Morgan fingerprint density at radius 2 is 1.33 bits per heavy atom. The molecule has 0 radical (unpaired) electrons. The van der Waals surface area contributed by atoms with Gasteiger partial charge in [0.1, 0.15) is 17.7 Å². The highest BCUT2D eigenvalue weighted by molar-refractivity contribution is 6.23. The summed E-state index contributed by atoms with van der Waals surface area (Å²) < 4.78 is 0. The lowest BCUT2D eigenvalue weighted by Crippen LogP contribution is -2.21. The van der Waals surface area contributed by atoms with Crippen LogP contribution in [0.4, 0.5) is 0 Å². The van der Waals surface area contributed by atoms with Gasteiger partial charge in [-0.15, -0.1) is 0 Å². The summed E-state index contributed by atoms with van der Waals surface area (Å²) in [5.41, 5.74) is -1.54. The molecule has 0 aromatic heterocycles. The highest BCUT2D eigenvalue weighted by Gasteiger charge is 2.23. The number of nitriles is 2. The van der Waals surface area contributed by atoms with Crippen molar-refractivity contribution >= 4 is 39.1 Å². The van der Waals surface area contributed by atoms with Crippen LogP contribution in [0.2, 0.25) is 0 Å². The zero-order valence-electron chi connectivity index (χ0n) is 11.8. The second-order valence-corrected chi connectivity index (χ2v) is 4.98. The molecule has 3 rings (SSSR count). The van der Waals surface area contributed by atoms with E-state index < -0.39 is 22.9 Å². The van der Waals surface area contributed by atoms with E-state index in [1.165, 1.54) is 18.2 Å². The van der Waals surface area contributed by atoms with Gasteiger partial charge < -0.3 is 10.2 Å². The van der Waals surface area contributed by atoms with E-state index in [1.54, 1.807) is 12.1 Å². The molecule has 0 saturated carbocycles. The smallest absolute Gasteiger partial charge is 0.336 e. The molecule has 2 N–H and O–H groups in total. The van der Waals surface area contributed by atoms with Crippen molar-refractivity contribution in [3.05, 3.63) is 50.8 Å². The molecule has 24 heavy (non-hydrogen) atoms. The third-order valence-corrected chi connectivity index (χ3v) is 3.84. The van der Waals surface area contributed by atoms with Gasteiger partial charge in [-0.25, -0.2) is 9.59 Å². The summed E-state index contributed by atoms with van der Waals surface area (Å²) in [6.07, 6.45) is 0. The average molecular weight is 318 g/mol. The van der Waals surface area contributed by atoms with Crippen LogP contribution in [0.1, 0.15) is 20.7 Å². The minimum atomic E-state index is -1.34. The number of carbonyl (C=O) groups is 2. The highest BCUT2D eigenvalue weighted by atomic mass is 16.4. The first-order chi connectivity index (χ1) is 11.4. The van der Waals surface area contributed by atoms with Crippen molar-refractivity contribution in [1.82, 2.24) is 0 Å². The van der Waals surface area contributed by atoms with Crippen LogP contribution in [0.15, 0.2) is 29.1 Å². The Bertz CT molecular complexity index is 1210. The first-order valence-electron chi connectivity index (χ1n) is 6.58. The average Bonchev–Trinajstić information content (AvgIpc) is 2.83.